The molecule has 1 atom stereocenters. The van der Waals surface area contributed by atoms with Crippen LogP contribution in [0.25, 0.3) is 0 Å². The van der Waals surface area contributed by atoms with Crippen molar-refractivity contribution < 1.29 is 23.4 Å². The lowest BCUT2D eigenvalue weighted by Gasteiger charge is -2.22. The summed E-state index contributed by atoms with van der Waals surface area (Å²) in [6.07, 6.45) is -4.67. The van der Waals surface area contributed by atoms with Crippen LogP contribution in [-0.2, 0) is 25.8 Å². The number of alkyl halides is 3. The molecule has 0 radical (unpaired) electrons. The average molecular weight is 355 g/mol. The molecule has 2 heterocycles. The Bertz CT molecular complexity index is 730. The highest BCUT2D eigenvalue weighted by atomic mass is 19.4. The summed E-state index contributed by atoms with van der Waals surface area (Å²) in [4.78, 5) is 1.94. The van der Waals surface area contributed by atoms with E-state index in [4.69, 9.17) is 5.11 Å². The SMILES string of the molecule is OCC(O)c1cc2n(n1)CCCN(Cc1ccccc1C(F)(F)F)C2. The Balaban J connectivity index is 1.80. The van der Waals surface area contributed by atoms with Crippen LogP contribution in [0.2, 0.25) is 0 Å². The van der Waals surface area contributed by atoms with Crippen molar-refractivity contribution in [3.8, 4) is 0 Å². The molecule has 2 N–H and O–H groups in total. The minimum Gasteiger partial charge on any atom is -0.393 e. The predicted molar refractivity (Wildman–Crippen MR) is 84.4 cm³/mol. The molecule has 136 valence electrons. The fourth-order valence-electron chi connectivity index (χ4n) is 3.12. The van der Waals surface area contributed by atoms with Gasteiger partial charge in [0.15, 0.2) is 0 Å². The maximum absolute atomic E-state index is 13.2. The van der Waals surface area contributed by atoms with Crippen LogP contribution in [0, 0.1) is 0 Å². The highest BCUT2D eigenvalue weighted by Crippen LogP contribution is 2.32. The Morgan fingerprint density at radius 1 is 1.20 bits per heavy atom. The second kappa shape index (κ2) is 7.15. The molecule has 3 rings (SSSR count). The number of fused-ring (bicyclic) bond motifs is 1. The number of halogens is 3. The third-order valence-electron chi connectivity index (χ3n) is 4.34. The lowest BCUT2D eigenvalue weighted by Crippen LogP contribution is -2.24. The minimum absolute atomic E-state index is 0.193. The van der Waals surface area contributed by atoms with E-state index in [0.29, 0.717) is 25.3 Å². The van der Waals surface area contributed by atoms with Crippen molar-refractivity contribution in [1.29, 1.82) is 0 Å². The monoisotopic (exact) mass is 355 g/mol. The standard InChI is InChI=1S/C17H20F3N3O2/c18-17(19,20)14-5-2-1-4-12(14)9-22-6-3-7-23-13(10-22)8-15(21-23)16(25)11-24/h1-2,4-5,8,16,24-25H,3,6-7,9-11H2. The van der Waals surface area contributed by atoms with Crippen LogP contribution < -0.4 is 0 Å². The third-order valence-corrected chi connectivity index (χ3v) is 4.34. The Kier molecular flexibility index (Phi) is 5.12. The van der Waals surface area contributed by atoms with E-state index in [1.54, 1.807) is 16.8 Å². The maximum atomic E-state index is 13.2. The van der Waals surface area contributed by atoms with Crippen molar-refractivity contribution in [1.82, 2.24) is 14.7 Å². The van der Waals surface area contributed by atoms with Crippen molar-refractivity contribution >= 4 is 0 Å². The highest BCUT2D eigenvalue weighted by Gasteiger charge is 2.33. The quantitative estimate of drug-likeness (QED) is 0.884. The summed E-state index contributed by atoms with van der Waals surface area (Å²) in [6.45, 7) is 1.51. The zero-order chi connectivity index (χ0) is 18.0. The molecule has 0 fully saturated rings. The zero-order valence-corrected chi connectivity index (χ0v) is 13.6. The third kappa shape index (κ3) is 4.02. The molecule has 0 amide bonds. The van der Waals surface area contributed by atoms with E-state index in [-0.39, 0.29) is 12.1 Å². The lowest BCUT2D eigenvalue weighted by atomic mass is 10.1. The number of aliphatic hydroxyl groups excluding tert-OH is 2. The van der Waals surface area contributed by atoms with Gasteiger partial charge in [-0.3, -0.25) is 9.58 Å². The summed E-state index contributed by atoms with van der Waals surface area (Å²) in [5.74, 6) is 0. The van der Waals surface area contributed by atoms with E-state index in [9.17, 15) is 18.3 Å². The van der Waals surface area contributed by atoms with Gasteiger partial charge in [-0.05, 0) is 24.1 Å². The van der Waals surface area contributed by atoms with Gasteiger partial charge in [-0.2, -0.15) is 18.3 Å². The molecule has 5 nitrogen and oxygen atoms in total. The van der Waals surface area contributed by atoms with Crippen molar-refractivity contribution in [3.63, 3.8) is 0 Å². The summed E-state index contributed by atoms with van der Waals surface area (Å²) in [5.41, 5.74) is 0.849. The maximum Gasteiger partial charge on any atom is 0.416 e. The second-order valence-electron chi connectivity index (χ2n) is 6.20. The summed E-state index contributed by atoms with van der Waals surface area (Å²) in [7, 11) is 0. The van der Waals surface area contributed by atoms with Gasteiger partial charge in [0.1, 0.15) is 6.10 Å². The molecule has 2 aromatic rings. The minimum atomic E-state index is -4.37. The molecule has 0 saturated carbocycles. The van der Waals surface area contributed by atoms with E-state index >= 15 is 0 Å². The second-order valence-corrected chi connectivity index (χ2v) is 6.20. The van der Waals surface area contributed by atoms with Gasteiger partial charge in [0.25, 0.3) is 0 Å². The topological polar surface area (TPSA) is 61.5 Å². The molecule has 0 aliphatic carbocycles. The van der Waals surface area contributed by atoms with Crippen LogP contribution >= 0.6 is 0 Å². The number of hydrogen-bond donors (Lipinski definition) is 2. The fourth-order valence-corrected chi connectivity index (χ4v) is 3.12. The molecule has 1 aromatic heterocycles. The van der Waals surface area contributed by atoms with Gasteiger partial charge in [0.05, 0.1) is 23.6 Å². The van der Waals surface area contributed by atoms with Gasteiger partial charge in [-0.1, -0.05) is 18.2 Å². The van der Waals surface area contributed by atoms with Crippen LogP contribution in [0.3, 0.4) is 0 Å². The largest absolute Gasteiger partial charge is 0.416 e. The predicted octanol–water partition coefficient (Wildman–Crippen LogP) is 2.33. The fraction of sp³-hybridized carbons (Fsp3) is 0.471. The first-order valence-corrected chi connectivity index (χ1v) is 8.11. The number of nitrogens with zero attached hydrogens (tertiary/aromatic N) is 3. The van der Waals surface area contributed by atoms with Crippen molar-refractivity contribution in [2.24, 2.45) is 0 Å². The van der Waals surface area contributed by atoms with Gasteiger partial charge in [0.2, 0.25) is 0 Å². The van der Waals surface area contributed by atoms with Gasteiger partial charge in [-0.15, -0.1) is 0 Å². The van der Waals surface area contributed by atoms with E-state index in [1.807, 2.05) is 4.90 Å². The Morgan fingerprint density at radius 2 is 1.96 bits per heavy atom. The molecule has 1 aromatic carbocycles. The van der Waals surface area contributed by atoms with Crippen LogP contribution in [-0.4, -0.2) is 38.0 Å². The Labute approximate surface area is 143 Å². The number of aryl methyl sites for hydroxylation is 1. The van der Waals surface area contributed by atoms with Gasteiger partial charge < -0.3 is 10.2 Å². The molecule has 1 aliphatic heterocycles. The van der Waals surface area contributed by atoms with Crippen molar-refractivity contribution in [3.05, 3.63) is 52.8 Å². The number of rotatable bonds is 4. The molecule has 8 heteroatoms. The summed E-state index contributed by atoms with van der Waals surface area (Å²) in [6, 6.07) is 7.32. The molecule has 0 saturated heterocycles. The van der Waals surface area contributed by atoms with Crippen LogP contribution in [0.15, 0.2) is 30.3 Å². The number of hydrogen-bond acceptors (Lipinski definition) is 4. The first-order chi connectivity index (χ1) is 11.9. The molecule has 0 bridgehead atoms. The van der Waals surface area contributed by atoms with E-state index < -0.39 is 24.5 Å². The molecular weight excluding hydrogens is 335 g/mol. The molecule has 0 spiro atoms. The molecular formula is C17H20F3N3O2. The van der Waals surface area contributed by atoms with Gasteiger partial charge in [-0.25, -0.2) is 0 Å². The first kappa shape index (κ1) is 17.9. The number of aromatic nitrogens is 2. The lowest BCUT2D eigenvalue weighted by molar-refractivity contribution is -0.138. The average Bonchev–Trinajstić information content (AvgIpc) is 2.87. The van der Waals surface area contributed by atoms with E-state index in [1.165, 1.54) is 12.1 Å². The Hall–Kier alpha value is -1.90. The van der Waals surface area contributed by atoms with E-state index in [2.05, 4.69) is 5.10 Å². The number of benzene rings is 1. The van der Waals surface area contributed by atoms with Crippen LogP contribution in [0.1, 0.15) is 35.0 Å². The molecule has 1 unspecified atom stereocenters. The zero-order valence-electron chi connectivity index (χ0n) is 13.6. The smallest absolute Gasteiger partial charge is 0.393 e. The first-order valence-electron chi connectivity index (χ1n) is 8.11. The van der Waals surface area contributed by atoms with Gasteiger partial charge in [0, 0.05) is 26.2 Å². The summed E-state index contributed by atoms with van der Waals surface area (Å²) >= 11 is 0. The van der Waals surface area contributed by atoms with Crippen molar-refractivity contribution in [2.75, 3.05) is 13.2 Å². The van der Waals surface area contributed by atoms with E-state index in [0.717, 1.165) is 18.2 Å². The van der Waals surface area contributed by atoms with Crippen LogP contribution in [0.5, 0.6) is 0 Å². The van der Waals surface area contributed by atoms with Crippen LogP contribution in [0.4, 0.5) is 13.2 Å². The normalized spacial score (nSPS) is 17.2. The molecule has 25 heavy (non-hydrogen) atoms. The number of aliphatic hydroxyl groups is 2. The van der Waals surface area contributed by atoms with Gasteiger partial charge >= 0.3 is 6.18 Å². The summed E-state index contributed by atoms with van der Waals surface area (Å²) < 4.78 is 41.3. The summed E-state index contributed by atoms with van der Waals surface area (Å²) in [5, 5.41) is 23.0. The Morgan fingerprint density at radius 3 is 2.68 bits per heavy atom. The van der Waals surface area contributed by atoms with Crippen molar-refractivity contribution in [2.45, 2.75) is 38.3 Å². The molecule has 1 aliphatic rings. The highest BCUT2D eigenvalue weighted by molar-refractivity contribution is 5.29.